The molecular weight excluding hydrogens is 295 g/mol. The van der Waals surface area contributed by atoms with Crippen LogP contribution in [-0.2, 0) is 9.16 Å². The first-order chi connectivity index (χ1) is 7.78. The van der Waals surface area contributed by atoms with Crippen molar-refractivity contribution in [2.45, 2.75) is 63.2 Å². The first kappa shape index (κ1) is 15.7. The fourth-order valence-corrected chi connectivity index (χ4v) is 3.96. The van der Waals surface area contributed by atoms with Gasteiger partial charge in [0.15, 0.2) is 0 Å². The SMILES string of the molecule is CC(C)(C)[Si](C)(C)OC1CCOCC1CC[Se]. The van der Waals surface area contributed by atoms with E-state index in [0.29, 0.717) is 17.1 Å². The molecule has 101 valence electrons. The first-order valence-corrected chi connectivity index (χ1v) is 10.7. The molecule has 17 heavy (non-hydrogen) atoms. The van der Waals surface area contributed by atoms with Crippen molar-refractivity contribution < 1.29 is 9.16 Å². The molecule has 0 aliphatic carbocycles. The minimum atomic E-state index is -1.63. The zero-order chi connectivity index (χ0) is 13.1. The molecular formula is C13H27O2SeSi. The van der Waals surface area contributed by atoms with Crippen LogP contribution in [0.5, 0.6) is 0 Å². The molecule has 0 aromatic rings. The van der Waals surface area contributed by atoms with Crippen molar-refractivity contribution in [2.24, 2.45) is 5.92 Å². The normalized spacial score (nSPS) is 27.2. The van der Waals surface area contributed by atoms with Crippen molar-refractivity contribution in [3.63, 3.8) is 0 Å². The van der Waals surface area contributed by atoms with Gasteiger partial charge in [-0.05, 0) is 0 Å². The molecule has 1 fully saturated rings. The van der Waals surface area contributed by atoms with E-state index in [1.165, 1.54) is 6.42 Å². The van der Waals surface area contributed by atoms with Gasteiger partial charge in [0.1, 0.15) is 0 Å². The second-order valence-corrected chi connectivity index (χ2v) is 12.1. The Morgan fingerprint density at radius 1 is 1.35 bits per heavy atom. The van der Waals surface area contributed by atoms with Gasteiger partial charge >= 0.3 is 116 Å². The van der Waals surface area contributed by atoms with Gasteiger partial charge in [-0.1, -0.05) is 0 Å². The Balaban J connectivity index is 2.64. The van der Waals surface area contributed by atoms with E-state index in [1.54, 1.807) is 0 Å². The number of ether oxygens (including phenoxy) is 1. The van der Waals surface area contributed by atoms with E-state index in [2.05, 4.69) is 49.9 Å². The molecule has 2 atom stereocenters. The quantitative estimate of drug-likeness (QED) is 0.739. The standard InChI is InChI=1S/C13H27O2SeSi/c1-13(2,3)17(4,5)15-12-6-8-14-10-11(12)7-9-16/h11-12H,6-10H2,1-5H3. The van der Waals surface area contributed by atoms with E-state index in [9.17, 15) is 0 Å². The van der Waals surface area contributed by atoms with Crippen molar-refractivity contribution in [1.29, 1.82) is 0 Å². The Bertz CT molecular complexity index is 236. The number of rotatable bonds is 4. The van der Waals surface area contributed by atoms with Crippen LogP contribution >= 0.6 is 0 Å². The molecule has 0 amide bonds. The predicted octanol–water partition coefficient (Wildman–Crippen LogP) is 3.39. The Morgan fingerprint density at radius 2 is 2.00 bits per heavy atom. The van der Waals surface area contributed by atoms with Gasteiger partial charge in [0.25, 0.3) is 0 Å². The van der Waals surface area contributed by atoms with Crippen LogP contribution in [0.1, 0.15) is 33.6 Å². The minimum absolute atomic E-state index is 0.300. The van der Waals surface area contributed by atoms with Crippen LogP contribution in [0.25, 0.3) is 0 Å². The van der Waals surface area contributed by atoms with Crippen molar-refractivity contribution >= 4 is 24.3 Å². The monoisotopic (exact) mass is 323 g/mol. The van der Waals surface area contributed by atoms with Crippen molar-refractivity contribution in [3.8, 4) is 0 Å². The molecule has 0 aromatic carbocycles. The Morgan fingerprint density at radius 3 is 2.53 bits per heavy atom. The van der Waals surface area contributed by atoms with Gasteiger partial charge in [0.2, 0.25) is 0 Å². The Labute approximate surface area is 116 Å². The Hall–Kier alpha value is 0.656. The summed E-state index contributed by atoms with van der Waals surface area (Å²) in [5.74, 6) is 0.583. The van der Waals surface area contributed by atoms with E-state index in [1.807, 2.05) is 0 Å². The summed E-state index contributed by atoms with van der Waals surface area (Å²) in [7, 11) is -1.63. The topological polar surface area (TPSA) is 18.5 Å². The van der Waals surface area contributed by atoms with Crippen LogP contribution in [-0.4, -0.2) is 43.6 Å². The molecule has 1 saturated heterocycles. The third kappa shape index (κ3) is 4.36. The summed E-state index contributed by atoms with van der Waals surface area (Å²) in [6.45, 7) is 13.4. The van der Waals surface area contributed by atoms with Gasteiger partial charge in [-0.2, -0.15) is 0 Å². The fraction of sp³-hybridized carbons (Fsp3) is 1.00. The number of hydrogen-bond acceptors (Lipinski definition) is 2. The summed E-state index contributed by atoms with van der Waals surface area (Å²) in [5.41, 5.74) is 0. The summed E-state index contributed by atoms with van der Waals surface area (Å²) in [5, 5.41) is 1.40. The summed E-state index contributed by atoms with van der Waals surface area (Å²) in [4.78, 5) is 0. The molecule has 2 nitrogen and oxygen atoms in total. The summed E-state index contributed by atoms with van der Waals surface area (Å²) >= 11 is 3.10. The van der Waals surface area contributed by atoms with E-state index < -0.39 is 8.32 Å². The zero-order valence-electron chi connectivity index (χ0n) is 11.9. The van der Waals surface area contributed by atoms with Crippen LogP contribution in [0.2, 0.25) is 23.5 Å². The van der Waals surface area contributed by atoms with E-state index in [-0.39, 0.29) is 0 Å². The van der Waals surface area contributed by atoms with Gasteiger partial charge in [0.05, 0.1) is 0 Å². The molecule has 0 spiro atoms. The first-order valence-electron chi connectivity index (χ1n) is 6.61. The van der Waals surface area contributed by atoms with Gasteiger partial charge in [-0.3, -0.25) is 0 Å². The molecule has 1 aliphatic heterocycles. The van der Waals surface area contributed by atoms with Gasteiger partial charge in [-0.25, -0.2) is 0 Å². The molecule has 0 saturated carbocycles. The van der Waals surface area contributed by atoms with Crippen molar-refractivity contribution in [2.75, 3.05) is 13.2 Å². The summed E-state index contributed by atoms with van der Waals surface area (Å²) < 4.78 is 12.1. The molecule has 2 unspecified atom stereocenters. The number of hydrogen-bond donors (Lipinski definition) is 0. The van der Waals surface area contributed by atoms with E-state index in [4.69, 9.17) is 9.16 Å². The Kier molecular flexibility index (Phi) is 5.73. The third-order valence-corrected chi connectivity index (χ3v) is 9.14. The molecule has 1 rings (SSSR count). The third-order valence-electron chi connectivity index (χ3n) is 4.15. The maximum absolute atomic E-state index is 6.55. The molecule has 4 heteroatoms. The fourth-order valence-electron chi connectivity index (χ4n) is 1.91. The molecule has 1 aliphatic rings. The molecule has 0 bridgehead atoms. The van der Waals surface area contributed by atoms with E-state index >= 15 is 0 Å². The molecule has 0 N–H and O–H groups in total. The van der Waals surface area contributed by atoms with Crippen LogP contribution in [0.3, 0.4) is 0 Å². The average Bonchev–Trinajstić information content (AvgIpc) is 2.19. The van der Waals surface area contributed by atoms with E-state index in [0.717, 1.165) is 25.0 Å². The van der Waals surface area contributed by atoms with Crippen LogP contribution in [0.4, 0.5) is 0 Å². The zero-order valence-corrected chi connectivity index (χ0v) is 14.6. The maximum atomic E-state index is 6.55. The van der Waals surface area contributed by atoms with Crippen LogP contribution < -0.4 is 0 Å². The molecule has 0 aromatic heterocycles. The van der Waals surface area contributed by atoms with Crippen LogP contribution in [0, 0.1) is 5.92 Å². The van der Waals surface area contributed by atoms with Crippen molar-refractivity contribution in [1.82, 2.24) is 0 Å². The second-order valence-electron chi connectivity index (χ2n) is 6.53. The summed E-state index contributed by atoms with van der Waals surface area (Å²) in [6.07, 6.45) is 2.66. The summed E-state index contributed by atoms with van der Waals surface area (Å²) in [6, 6.07) is 0. The second kappa shape index (κ2) is 6.20. The molecule has 1 heterocycles. The van der Waals surface area contributed by atoms with Crippen molar-refractivity contribution in [3.05, 3.63) is 0 Å². The average molecular weight is 322 g/mol. The predicted molar refractivity (Wildman–Crippen MR) is 76.2 cm³/mol. The van der Waals surface area contributed by atoms with Gasteiger partial charge in [-0.15, -0.1) is 0 Å². The van der Waals surface area contributed by atoms with Crippen LogP contribution in [0.15, 0.2) is 0 Å². The van der Waals surface area contributed by atoms with Gasteiger partial charge < -0.3 is 0 Å². The van der Waals surface area contributed by atoms with Gasteiger partial charge in [0, 0.05) is 0 Å². The molecule has 1 radical (unpaired) electrons.